The van der Waals surface area contributed by atoms with Crippen molar-refractivity contribution in [1.82, 2.24) is 10.2 Å². The number of nitrogens with one attached hydrogen (secondary N) is 1. The lowest BCUT2D eigenvalue weighted by molar-refractivity contribution is -0.148. The number of likely N-dealkylation sites (tertiary alicyclic amines) is 1. The minimum atomic E-state index is -0.622. The van der Waals surface area contributed by atoms with E-state index in [4.69, 9.17) is 9.47 Å². The second kappa shape index (κ2) is 9.45. The van der Waals surface area contributed by atoms with Gasteiger partial charge in [-0.25, -0.2) is 4.79 Å². The molecule has 0 radical (unpaired) electrons. The Balaban J connectivity index is 2.56. The van der Waals surface area contributed by atoms with Gasteiger partial charge >= 0.3 is 12.1 Å². The smallest absolute Gasteiger partial charge is 0.407 e. The second-order valence-electron chi connectivity index (χ2n) is 5.11. The highest BCUT2D eigenvalue weighted by atomic mass is 16.5. The molecule has 0 aromatic carbocycles. The molecule has 7 nitrogen and oxygen atoms in total. The molecule has 7 heteroatoms. The lowest BCUT2D eigenvalue weighted by Gasteiger charge is -2.34. The number of ether oxygens (including phenoxy) is 2. The van der Waals surface area contributed by atoms with Gasteiger partial charge in [0, 0.05) is 13.1 Å². The third-order valence-corrected chi connectivity index (χ3v) is 3.45. The molecule has 23 heavy (non-hydrogen) atoms. The van der Waals surface area contributed by atoms with Crippen LogP contribution in [0.1, 0.15) is 6.42 Å². The van der Waals surface area contributed by atoms with E-state index in [1.54, 1.807) is 18.2 Å². The summed E-state index contributed by atoms with van der Waals surface area (Å²) >= 11 is 0. The summed E-state index contributed by atoms with van der Waals surface area (Å²) in [5, 5.41) is 2.66. The highest BCUT2D eigenvalue weighted by Gasteiger charge is 2.32. The first kappa shape index (κ1) is 18.5. The Morgan fingerprint density at radius 1 is 1.35 bits per heavy atom. The van der Waals surface area contributed by atoms with Crippen molar-refractivity contribution in [2.24, 2.45) is 5.92 Å². The number of rotatable bonds is 7. The summed E-state index contributed by atoms with van der Waals surface area (Å²) in [7, 11) is 1.29. The molecule has 0 spiro atoms. The average Bonchev–Trinajstić information content (AvgIpc) is 2.57. The fraction of sp³-hybridized carbons (Fsp3) is 0.438. The number of carbonyl (C=O) groups excluding carboxylic acids is 3. The van der Waals surface area contributed by atoms with Gasteiger partial charge in [0.1, 0.15) is 6.61 Å². The van der Waals surface area contributed by atoms with Gasteiger partial charge in [-0.1, -0.05) is 31.4 Å². The topological polar surface area (TPSA) is 84.9 Å². The van der Waals surface area contributed by atoms with Crippen LogP contribution in [0.5, 0.6) is 0 Å². The van der Waals surface area contributed by atoms with E-state index in [0.717, 1.165) is 0 Å². The van der Waals surface area contributed by atoms with E-state index in [0.29, 0.717) is 24.9 Å². The summed E-state index contributed by atoms with van der Waals surface area (Å²) in [5.74, 6) is -0.867. The maximum atomic E-state index is 11.8. The molecule has 1 aliphatic rings. The highest BCUT2D eigenvalue weighted by molar-refractivity contribution is 5.74. The third kappa shape index (κ3) is 5.98. The zero-order valence-electron chi connectivity index (χ0n) is 13.2. The molecule has 0 aromatic rings. The minimum absolute atomic E-state index is 0.0614. The number of piperidine rings is 1. The van der Waals surface area contributed by atoms with Crippen LogP contribution < -0.4 is 5.32 Å². The van der Waals surface area contributed by atoms with Crippen LogP contribution in [0.3, 0.4) is 0 Å². The molecule has 0 aliphatic carbocycles. The Hall–Kier alpha value is -2.57. The van der Waals surface area contributed by atoms with Gasteiger partial charge in [-0.05, 0) is 12.0 Å². The normalized spacial score (nSPS) is 21.1. The Labute approximate surface area is 135 Å². The number of hydrogen-bond donors (Lipinski definition) is 1. The van der Waals surface area contributed by atoms with Gasteiger partial charge in [-0.15, -0.1) is 0 Å². The van der Waals surface area contributed by atoms with Crippen molar-refractivity contribution in [3.8, 4) is 0 Å². The quantitative estimate of drug-likeness (QED) is 0.430. The maximum absolute atomic E-state index is 11.8. The number of methoxy groups -OCH3 is 1. The van der Waals surface area contributed by atoms with Crippen molar-refractivity contribution in [1.29, 1.82) is 0 Å². The molecule has 1 aliphatic heterocycles. The molecule has 1 saturated heterocycles. The molecule has 0 saturated carbocycles. The number of nitrogens with zero attached hydrogens (tertiary/aromatic N) is 1. The van der Waals surface area contributed by atoms with Crippen molar-refractivity contribution in [2.45, 2.75) is 12.5 Å². The van der Waals surface area contributed by atoms with Crippen molar-refractivity contribution in [3.63, 3.8) is 0 Å². The number of carbonyl (C=O) groups is 3. The van der Waals surface area contributed by atoms with Crippen LogP contribution in [0.15, 0.2) is 37.0 Å². The fourth-order valence-electron chi connectivity index (χ4n) is 2.34. The molecule has 1 heterocycles. The monoisotopic (exact) mass is 322 g/mol. The van der Waals surface area contributed by atoms with Crippen LogP contribution in [0.4, 0.5) is 4.79 Å². The molecule has 1 rings (SSSR count). The molecular formula is C16H22N2O5. The lowest BCUT2D eigenvalue weighted by Crippen LogP contribution is -2.52. The summed E-state index contributed by atoms with van der Waals surface area (Å²) in [4.78, 5) is 35.9. The van der Waals surface area contributed by atoms with E-state index >= 15 is 0 Å². The molecule has 1 fully saturated rings. The first-order chi connectivity index (χ1) is 11.0. The predicted molar refractivity (Wildman–Crippen MR) is 84.5 cm³/mol. The molecule has 2 unspecified atom stereocenters. The zero-order valence-corrected chi connectivity index (χ0v) is 13.2. The fourth-order valence-corrected chi connectivity index (χ4v) is 2.34. The predicted octanol–water partition coefficient (Wildman–Crippen LogP) is 1.03. The van der Waals surface area contributed by atoms with E-state index in [2.05, 4.69) is 18.5 Å². The molecule has 1 N–H and O–H groups in total. The van der Waals surface area contributed by atoms with Crippen LogP contribution in [-0.2, 0) is 19.1 Å². The van der Waals surface area contributed by atoms with Crippen LogP contribution in [0, 0.1) is 5.92 Å². The van der Waals surface area contributed by atoms with E-state index in [-0.39, 0.29) is 19.2 Å². The summed E-state index contributed by atoms with van der Waals surface area (Å²) in [6.07, 6.45) is 5.24. The van der Waals surface area contributed by atoms with E-state index < -0.39 is 18.0 Å². The summed E-state index contributed by atoms with van der Waals surface area (Å²) in [6.45, 7) is 7.83. The lowest BCUT2D eigenvalue weighted by atomic mass is 9.95. The van der Waals surface area contributed by atoms with Crippen molar-refractivity contribution >= 4 is 18.5 Å². The van der Waals surface area contributed by atoms with Gasteiger partial charge in [-0.2, -0.15) is 0 Å². The first-order valence-electron chi connectivity index (χ1n) is 7.18. The van der Waals surface area contributed by atoms with E-state index in [1.165, 1.54) is 12.0 Å². The highest BCUT2D eigenvalue weighted by Crippen LogP contribution is 2.17. The van der Waals surface area contributed by atoms with Gasteiger partial charge in [0.05, 0.1) is 19.1 Å². The molecule has 2 amide bonds. The standard InChI is InChI=1S/C16H22N2O5/c1-4-6-12(5-2)10-23-16(21)17-14-7-13(15(20)22-3)8-18(9-14)11-19/h4-6,11,13-14H,1-2,7-10H2,3H3,(H,17,21)/b12-6+. The van der Waals surface area contributed by atoms with Gasteiger partial charge in [-0.3, -0.25) is 9.59 Å². The summed E-state index contributed by atoms with van der Waals surface area (Å²) in [5.41, 5.74) is 0.709. The second-order valence-corrected chi connectivity index (χ2v) is 5.11. The van der Waals surface area contributed by atoms with Crippen LogP contribution in [0.2, 0.25) is 0 Å². The summed E-state index contributed by atoms with van der Waals surface area (Å²) < 4.78 is 9.78. The van der Waals surface area contributed by atoms with Crippen LogP contribution >= 0.6 is 0 Å². The van der Waals surface area contributed by atoms with Gasteiger partial charge < -0.3 is 19.7 Å². The SMILES string of the molecule is C=C/C=C(\C=C)COC(=O)NC1CC(C(=O)OC)CN(C=O)C1. The summed E-state index contributed by atoms with van der Waals surface area (Å²) in [6, 6.07) is -0.374. The average molecular weight is 322 g/mol. The van der Waals surface area contributed by atoms with Crippen molar-refractivity contribution in [3.05, 3.63) is 37.0 Å². The minimum Gasteiger partial charge on any atom is -0.469 e. The first-order valence-corrected chi connectivity index (χ1v) is 7.18. The number of hydrogen-bond acceptors (Lipinski definition) is 5. The van der Waals surface area contributed by atoms with Crippen molar-refractivity contribution in [2.75, 3.05) is 26.8 Å². The number of alkyl carbamates (subject to hydrolysis) is 1. The largest absolute Gasteiger partial charge is 0.469 e. The Bertz CT molecular complexity index is 501. The maximum Gasteiger partial charge on any atom is 0.407 e. The number of amides is 2. The molecule has 0 aromatic heterocycles. The van der Waals surface area contributed by atoms with E-state index in [1.807, 2.05) is 0 Å². The molecule has 2 atom stereocenters. The van der Waals surface area contributed by atoms with Crippen LogP contribution in [0.25, 0.3) is 0 Å². The zero-order chi connectivity index (χ0) is 17.2. The van der Waals surface area contributed by atoms with Gasteiger partial charge in [0.15, 0.2) is 0 Å². The van der Waals surface area contributed by atoms with Gasteiger partial charge in [0.25, 0.3) is 0 Å². The Kier molecular flexibility index (Phi) is 7.59. The van der Waals surface area contributed by atoms with Crippen molar-refractivity contribution < 1.29 is 23.9 Å². The van der Waals surface area contributed by atoms with E-state index in [9.17, 15) is 14.4 Å². The Morgan fingerprint density at radius 2 is 2.09 bits per heavy atom. The third-order valence-electron chi connectivity index (χ3n) is 3.45. The van der Waals surface area contributed by atoms with Gasteiger partial charge in [0.2, 0.25) is 6.41 Å². The number of esters is 1. The number of allylic oxidation sites excluding steroid dienone is 2. The Morgan fingerprint density at radius 3 is 2.65 bits per heavy atom. The molecule has 0 bridgehead atoms. The van der Waals surface area contributed by atoms with Crippen LogP contribution in [-0.4, -0.2) is 56.2 Å². The molecule has 126 valence electrons. The molecular weight excluding hydrogens is 300 g/mol.